The van der Waals surface area contributed by atoms with E-state index in [2.05, 4.69) is 26.0 Å². The molecule has 0 bridgehead atoms. The van der Waals surface area contributed by atoms with Crippen LogP contribution in [0.4, 0.5) is 0 Å². The standard InChI is InChI=1S/C13H17NOS/c1-9(2)11-12(15)14(3)13(16-11)10-7-5-4-6-8-10/h4-9,11,13H,1-3H3/t11-,13-/m1/s1. The highest BCUT2D eigenvalue weighted by atomic mass is 32.2. The van der Waals surface area contributed by atoms with Gasteiger partial charge in [-0.15, -0.1) is 11.8 Å². The molecule has 16 heavy (non-hydrogen) atoms. The van der Waals surface area contributed by atoms with Gasteiger partial charge in [-0.3, -0.25) is 4.79 Å². The van der Waals surface area contributed by atoms with Crippen molar-refractivity contribution in [3.8, 4) is 0 Å². The Balaban J connectivity index is 2.23. The summed E-state index contributed by atoms with van der Waals surface area (Å²) < 4.78 is 0. The molecule has 1 amide bonds. The van der Waals surface area contributed by atoms with Crippen LogP contribution < -0.4 is 0 Å². The lowest BCUT2D eigenvalue weighted by molar-refractivity contribution is -0.129. The Morgan fingerprint density at radius 3 is 2.38 bits per heavy atom. The average Bonchev–Trinajstić information content (AvgIpc) is 2.58. The highest BCUT2D eigenvalue weighted by Crippen LogP contribution is 2.44. The average molecular weight is 235 g/mol. The molecule has 3 heteroatoms. The van der Waals surface area contributed by atoms with Gasteiger partial charge < -0.3 is 4.90 Å². The maximum atomic E-state index is 12.0. The van der Waals surface area contributed by atoms with E-state index in [9.17, 15) is 4.79 Å². The Morgan fingerprint density at radius 1 is 1.25 bits per heavy atom. The molecule has 0 N–H and O–H groups in total. The largest absolute Gasteiger partial charge is 0.329 e. The molecule has 0 radical (unpaired) electrons. The topological polar surface area (TPSA) is 20.3 Å². The van der Waals surface area contributed by atoms with Crippen LogP contribution in [0.5, 0.6) is 0 Å². The van der Waals surface area contributed by atoms with Crippen molar-refractivity contribution in [2.45, 2.75) is 24.5 Å². The molecule has 1 saturated heterocycles. The zero-order valence-electron chi connectivity index (χ0n) is 9.88. The van der Waals surface area contributed by atoms with Crippen LogP contribution in [0.3, 0.4) is 0 Å². The molecule has 0 spiro atoms. The minimum atomic E-state index is 0.107. The number of hydrogen-bond donors (Lipinski definition) is 0. The van der Waals surface area contributed by atoms with Crippen molar-refractivity contribution < 1.29 is 4.79 Å². The van der Waals surface area contributed by atoms with E-state index in [4.69, 9.17) is 0 Å². The summed E-state index contributed by atoms with van der Waals surface area (Å²) >= 11 is 1.76. The molecule has 1 aromatic carbocycles. The van der Waals surface area contributed by atoms with E-state index < -0.39 is 0 Å². The molecule has 1 aromatic rings. The normalized spacial score (nSPS) is 25.5. The summed E-state index contributed by atoms with van der Waals surface area (Å²) in [5, 5.41) is 0.288. The quantitative estimate of drug-likeness (QED) is 0.785. The number of thioether (sulfide) groups is 1. The first-order valence-electron chi connectivity index (χ1n) is 5.58. The van der Waals surface area contributed by atoms with Gasteiger partial charge in [0.05, 0.1) is 5.25 Å². The van der Waals surface area contributed by atoms with Crippen LogP contribution in [0.2, 0.25) is 0 Å². The van der Waals surface area contributed by atoms with Gasteiger partial charge in [-0.05, 0) is 11.5 Å². The van der Waals surface area contributed by atoms with Crippen LogP contribution >= 0.6 is 11.8 Å². The fraction of sp³-hybridized carbons (Fsp3) is 0.462. The Bertz CT molecular complexity index is 377. The van der Waals surface area contributed by atoms with Crippen molar-refractivity contribution in [1.82, 2.24) is 4.90 Å². The minimum absolute atomic E-state index is 0.107. The maximum Gasteiger partial charge on any atom is 0.236 e. The number of carbonyl (C=O) groups is 1. The van der Waals surface area contributed by atoms with Crippen LogP contribution in [0.25, 0.3) is 0 Å². The summed E-state index contributed by atoms with van der Waals surface area (Å²) in [6.07, 6.45) is 0. The number of carbonyl (C=O) groups excluding carboxylic acids is 1. The Kier molecular flexibility index (Phi) is 3.24. The molecule has 1 fully saturated rings. The van der Waals surface area contributed by atoms with Crippen molar-refractivity contribution in [3.63, 3.8) is 0 Å². The SMILES string of the molecule is CC(C)[C@H]1S[C@H](c2ccccc2)N(C)C1=O. The summed E-state index contributed by atoms with van der Waals surface area (Å²) in [7, 11) is 1.90. The third kappa shape index (κ3) is 1.96. The molecule has 1 heterocycles. The Morgan fingerprint density at radius 2 is 1.88 bits per heavy atom. The van der Waals surface area contributed by atoms with Crippen molar-refractivity contribution in [2.75, 3.05) is 7.05 Å². The van der Waals surface area contributed by atoms with Crippen molar-refractivity contribution in [3.05, 3.63) is 35.9 Å². The van der Waals surface area contributed by atoms with Crippen molar-refractivity contribution >= 4 is 17.7 Å². The molecule has 2 atom stereocenters. The molecule has 2 nitrogen and oxygen atoms in total. The first-order chi connectivity index (χ1) is 7.61. The van der Waals surface area contributed by atoms with Gasteiger partial charge in [-0.25, -0.2) is 0 Å². The minimum Gasteiger partial charge on any atom is -0.329 e. The van der Waals surface area contributed by atoms with E-state index in [0.717, 1.165) is 0 Å². The van der Waals surface area contributed by atoms with Crippen molar-refractivity contribution in [1.29, 1.82) is 0 Å². The van der Waals surface area contributed by atoms with Crippen LogP contribution in [-0.2, 0) is 4.79 Å². The summed E-state index contributed by atoms with van der Waals surface area (Å²) in [6.45, 7) is 4.22. The van der Waals surface area contributed by atoms with E-state index >= 15 is 0 Å². The predicted molar refractivity (Wildman–Crippen MR) is 68.2 cm³/mol. The van der Waals surface area contributed by atoms with Gasteiger partial charge in [-0.1, -0.05) is 44.2 Å². The molecule has 2 rings (SSSR count). The van der Waals surface area contributed by atoms with Gasteiger partial charge in [0.1, 0.15) is 5.37 Å². The summed E-state index contributed by atoms with van der Waals surface area (Å²) in [6, 6.07) is 10.2. The fourth-order valence-electron chi connectivity index (χ4n) is 1.97. The fourth-order valence-corrected chi connectivity index (χ4v) is 3.44. The molecule has 1 aliphatic rings. The van der Waals surface area contributed by atoms with Crippen LogP contribution in [0, 0.1) is 5.92 Å². The van der Waals surface area contributed by atoms with Gasteiger partial charge in [-0.2, -0.15) is 0 Å². The first-order valence-corrected chi connectivity index (χ1v) is 6.52. The van der Waals surface area contributed by atoms with Crippen LogP contribution in [-0.4, -0.2) is 23.1 Å². The van der Waals surface area contributed by atoms with E-state index in [1.54, 1.807) is 11.8 Å². The Hall–Kier alpha value is -0.960. The van der Waals surface area contributed by atoms with Crippen LogP contribution in [0.1, 0.15) is 24.8 Å². The lowest BCUT2D eigenvalue weighted by Gasteiger charge is -2.18. The highest BCUT2D eigenvalue weighted by Gasteiger charge is 2.39. The van der Waals surface area contributed by atoms with E-state index in [1.807, 2.05) is 30.1 Å². The second kappa shape index (κ2) is 4.50. The summed E-state index contributed by atoms with van der Waals surface area (Å²) in [5.74, 6) is 0.655. The molecular weight excluding hydrogens is 218 g/mol. The molecule has 0 unspecified atom stereocenters. The molecule has 1 aliphatic heterocycles. The van der Waals surface area contributed by atoms with Gasteiger partial charge in [0, 0.05) is 7.05 Å². The zero-order valence-corrected chi connectivity index (χ0v) is 10.7. The number of rotatable bonds is 2. The van der Waals surface area contributed by atoms with Crippen molar-refractivity contribution in [2.24, 2.45) is 5.92 Å². The van der Waals surface area contributed by atoms with E-state index in [-0.39, 0.29) is 16.5 Å². The number of hydrogen-bond acceptors (Lipinski definition) is 2. The number of benzene rings is 1. The lowest BCUT2D eigenvalue weighted by Crippen LogP contribution is -2.29. The molecular formula is C13H17NOS. The smallest absolute Gasteiger partial charge is 0.236 e. The second-order valence-electron chi connectivity index (χ2n) is 4.51. The van der Waals surface area contributed by atoms with Gasteiger partial charge in [0.2, 0.25) is 5.91 Å². The van der Waals surface area contributed by atoms with E-state index in [1.165, 1.54) is 5.56 Å². The monoisotopic (exact) mass is 235 g/mol. The summed E-state index contributed by atoms with van der Waals surface area (Å²) in [5.41, 5.74) is 1.21. The number of amides is 1. The third-order valence-electron chi connectivity index (χ3n) is 2.91. The molecule has 0 saturated carbocycles. The van der Waals surface area contributed by atoms with Gasteiger partial charge in [0.25, 0.3) is 0 Å². The second-order valence-corrected chi connectivity index (χ2v) is 5.74. The highest BCUT2D eigenvalue weighted by molar-refractivity contribution is 8.01. The third-order valence-corrected chi connectivity index (χ3v) is 4.79. The first kappa shape index (κ1) is 11.5. The molecule has 0 aliphatic carbocycles. The molecule has 0 aromatic heterocycles. The maximum absolute atomic E-state index is 12.0. The van der Waals surface area contributed by atoms with Gasteiger partial charge >= 0.3 is 0 Å². The number of nitrogens with zero attached hydrogens (tertiary/aromatic N) is 1. The Labute approximate surface area is 101 Å². The van der Waals surface area contributed by atoms with E-state index in [0.29, 0.717) is 5.92 Å². The molecule has 86 valence electrons. The van der Waals surface area contributed by atoms with Gasteiger partial charge in [0.15, 0.2) is 0 Å². The lowest BCUT2D eigenvalue weighted by atomic mass is 10.1. The predicted octanol–water partition coefficient (Wildman–Crippen LogP) is 2.92. The summed E-state index contributed by atoms with van der Waals surface area (Å²) in [4.78, 5) is 13.9. The van der Waals surface area contributed by atoms with Crippen LogP contribution in [0.15, 0.2) is 30.3 Å². The zero-order chi connectivity index (χ0) is 11.7.